The number of methoxy groups -OCH3 is 1. The zero-order valence-corrected chi connectivity index (χ0v) is 28.3. The maximum atomic E-state index is 13.6. The molecule has 7 fully saturated rings. The van der Waals surface area contributed by atoms with Crippen molar-refractivity contribution in [2.45, 2.75) is 148 Å². The van der Waals surface area contributed by atoms with Crippen molar-refractivity contribution in [3.05, 3.63) is 0 Å². The largest absolute Gasteiger partial charge is 0.468 e. The van der Waals surface area contributed by atoms with Crippen LogP contribution in [0.5, 0.6) is 0 Å². The van der Waals surface area contributed by atoms with Crippen molar-refractivity contribution in [1.29, 1.82) is 0 Å². The first-order valence-corrected chi connectivity index (χ1v) is 18.5. The number of nitrogens with one attached hydrogen (secondary N) is 1. The number of rotatable bonds is 4. The number of hydrogen-bond donors (Lipinski definition) is 1. The summed E-state index contributed by atoms with van der Waals surface area (Å²) >= 11 is 0. The van der Waals surface area contributed by atoms with E-state index in [-0.39, 0.29) is 36.4 Å². The van der Waals surface area contributed by atoms with Gasteiger partial charge in [-0.1, -0.05) is 47.0 Å². The molecule has 7 aliphatic rings. The maximum Gasteiger partial charge on any atom is 0.325 e. The molecule has 0 aromatic carbocycles. The highest BCUT2D eigenvalue weighted by Gasteiger charge is 2.69. The van der Waals surface area contributed by atoms with E-state index in [1.165, 1.54) is 58.5 Å². The lowest BCUT2D eigenvalue weighted by molar-refractivity contribution is -0.273. The Kier molecular flexibility index (Phi) is 8.33. The van der Waals surface area contributed by atoms with E-state index in [0.717, 1.165) is 69.3 Å². The maximum absolute atomic E-state index is 13.6. The normalized spacial score (nSPS) is 48.5. The lowest BCUT2D eigenvalue weighted by Gasteiger charge is -2.61. The molecule has 0 radical (unpaired) electrons. The zero-order valence-electron chi connectivity index (χ0n) is 28.3. The van der Waals surface area contributed by atoms with Gasteiger partial charge in [0.2, 0.25) is 0 Å². The Labute approximate surface area is 266 Å². The van der Waals surface area contributed by atoms with Gasteiger partial charge in [0.25, 0.3) is 0 Å². The average molecular weight is 613 g/mol. The van der Waals surface area contributed by atoms with Gasteiger partial charge in [0, 0.05) is 24.4 Å². The van der Waals surface area contributed by atoms with Crippen LogP contribution >= 0.6 is 0 Å². The SMILES string of the molecule is COC(=O)CN(C(=O)N[C@@H]1CC[C@]2(C)C3CC[C@@]4(C)C(CC5O[C@]6(CC[C@H](C)CO6)[C@@H](C)C54)[C@@H]3CC[C@@H]2C1)C1CCCCC1. The van der Waals surface area contributed by atoms with Crippen LogP contribution < -0.4 is 5.32 Å². The molecular formula is C37H60N2O5. The number of fused-ring (bicyclic) bond motifs is 7. The van der Waals surface area contributed by atoms with Crippen LogP contribution in [0.15, 0.2) is 0 Å². The number of urea groups is 1. The van der Waals surface area contributed by atoms with Gasteiger partial charge in [-0.2, -0.15) is 0 Å². The summed E-state index contributed by atoms with van der Waals surface area (Å²) in [5, 5.41) is 3.42. The fourth-order valence-corrected chi connectivity index (χ4v) is 12.6. The van der Waals surface area contributed by atoms with Crippen molar-refractivity contribution in [3.8, 4) is 0 Å². The first-order valence-electron chi connectivity index (χ1n) is 18.5. The van der Waals surface area contributed by atoms with Crippen molar-refractivity contribution in [2.75, 3.05) is 20.3 Å². The van der Waals surface area contributed by atoms with Gasteiger partial charge in [-0.15, -0.1) is 0 Å². The molecule has 5 aliphatic carbocycles. The van der Waals surface area contributed by atoms with Crippen LogP contribution in [0, 0.1) is 52.3 Å². The molecular weight excluding hydrogens is 552 g/mol. The Morgan fingerprint density at radius 3 is 2.39 bits per heavy atom. The topological polar surface area (TPSA) is 77.1 Å². The van der Waals surface area contributed by atoms with Gasteiger partial charge >= 0.3 is 12.0 Å². The number of esters is 1. The third-order valence-corrected chi connectivity index (χ3v) is 15.1. The molecule has 2 aliphatic heterocycles. The van der Waals surface area contributed by atoms with Crippen LogP contribution in [0.25, 0.3) is 0 Å². The predicted molar refractivity (Wildman–Crippen MR) is 170 cm³/mol. The van der Waals surface area contributed by atoms with E-state index >= 15 is 0 Å². The molecule has 44 heavy (non-hydrogen) atoms. The van der Waals surface area contributed by atoms with Gasteiger partial charge < -0.3 is 24.4 Å². The van der Waals surface area contributed by atoms with Crippen molar-refractivity contribution >= 4 is 12.0 Å². The summed E-state index contributed by atoms with van der Waals surface area (Å²) in [6, 6.07) is 0.285. The molecule has 2 saturated heterocycles. The third kappa shape index (κ3) is 5.04. The second kappa shape index (κ2) is 11.7. The molecule has 12 atom stereocenters. The summed E-state index contributed by atoms with van der Waals surface area (Å²) < 4.78 is 18.5. The van der Waals surface area contributed by atoms with Crippen molar-refractivity contribution < 1.29 is 23.8 Å². The molecule has 2 amide bonds. The first kappa shape index (κ1) is 31.3. The minimum atomic E-state index is -0.331. The molecule has 0 aromatic heterocycles. The summed E-state index contributed by atoms with van der Waals surface area (Å²) in [5.74, 6) is 4.09. The summed E-state index contributed by atoms with van der Waals surface area (Å²) in [6.07, 6.45) is 17.9. The quantitative estimate of drug-likeness (QED) is 0.337. The fraction of sp³-hybridized carbons (Fsp3) is 0.946. The summed E-state index contributed by atoms with van der Waals surface area (Å²) in [5.41, 5.74) is 0.715. The van der Waals surface area contributed by atoms with Crippen LogP contribution in [-0.2, 0) is 19.0 Å². The van der Waals surface area contributed by atoms with E-state index in [1.807, 2.05) is 0 Å². The molecule has 7 rings (SSSR count). The summed E-state index contributed by atoms with van der Waals surface area (Å²) in [6.45, 7) is 10.9. The monoisotopic (exact) mass is 612 g/mol. The van der Waals surface area contributed by atoms with E-state index in [0.29, 0.717) is 40.6 Å². The lowest BCUT2D eigenvalue weighted by atomic mass is 9.44. The predicted octanol–water partition coefficient (Wildman–Crippen LogP) is 7.32. The molecule has 2 heterocycles. The van der Waals surface area contributed by atoms with Gasteiger partial charge in [0.15, 0.2) is 5.79 Å². The Balaban J connectivity index is 1.01. The number of nitrogens with zero attached hydrogens (tertiary/aromatic N) is 1. The van der Waals surface area contributed by atoms with Gasteiger partial charge in [-0.25, -0.2) is 4.79 Å². The number of ether oxygens (including phenoxy) is 3. The minimum absolute atomic E-state index is 0.0567. The fourth-order valence-electron chi connectivity index (χ4n) is 12.6. The second-order valence-electron chi connectivity index (χ2n) is 17.1. The van der Waals surface area contributed by atoms with E-state index in [1.54, 1.807) is 4.90 Å². The molecule has 5 saturated carbocycles. The zero-order chi connectivity index (χ0) is 30.9. The van der Waals surface area contributed by atoms with Gasteiger partial charge in [-0.05, 0) is 117 Å². The molecule has 7 nitrogen and oxygen atoms in total. The van der Waals surface area contributed by atoms with E-state index < -0.39 is 0 Å². The van der Waals surface area contributed by atoms with Crippen molar-refractivity contribution in [3.63, 3.8) is 0 Å². The highest BCUT2D eigenvalue weighted by molar-refractivity contribution is 5.81. The smallest absolute Gasteiger partial charge is 0.325 e. The summed E-state index contributed by atoms with van der Waals surface area (Å²) in [4.78, 5) is 27.7. The van der Waals surface area contributed by atoms with E-state index in [4.69, 9.17) is 14.2 Å². The van der Waals surface area contributed by atoms with Gasteiger partial charge in [-0.3, -0.25) is 4.79 Å². The second-order valence-corrected chi connectivity index (χ2v) is 17.1. The van der Waals surface area contributed by atoms with Crippen molar-refractivity contribution in [1.82, 2.24) is 10.2 Å². The van der Waals surface area contributed by atoms with E-state index in [2.05, 4.69) is 33.0 Å². The number of carbonyl (C=O) groups excluding carboxylic acids is 2. The van der Waals surface area contributed by atoms with Crippen LogP contribution in [-0.4, -0.2) is 61.1 Å². The Morgan fingerprint density at radius 2 is 1.66 bits per heavy atom. The Bertz CT molecular complexity index is 1080. The van der Waals surface area contributed by atoms with Crippen LogP contribution in [0.2, 0.25) is 0 Å². The first-order chi connectivity index (χ1) is 21.1. The molecule has 1 spiro atoms. The summed E-state index contributed by atoms with van der Waals surface area (Å²) in [7, 11) is 1.42. The van der Waals surface area contributed by atoms with Crippen LogP contribution in [0.3, 0.4) is 0 Å². The highest BCUT2D eigenvalue weighted by Crippen LogP contribution is 2.71. The number of hydrogen-bond acceptors (Lipinski definition) is 5. The lowest BCUT2D eigenvalue weighted by Crippen LogP contribution is -2.57. The standard InChI is InChI=1S/C37H60N2O5/c1-23-13-18-37(43-22-23)24(2)33-31(44-37)20-30-28-12-11-25-19-26(14-16-35(25,3)29(28)15-17-36(30,33)4)38-34(41)39(21-32(40)42-5)27-9-7-6-8-10-27/h23-31,33H,6-22H2,1-5H3,(H,38,41)/t23-,24-,25+,26+,28+,29?,30?,31?,33?,35-,36-,37+/m0/s1. The number of carbonyl (C=O) groups is 2. The highest BCUT2D eigenvalue weighted by atomic mass is 16.7. The van der Waals surface area contributed by atoms with Crippen LogP contribution in [0.4, 0.5) is 4.79 Å². The van der Waals surface area contributed by atoms with Crippen LogP contribution in [0.1, 0.15) is 124 Å². The minimum Gasteiger partial charge on any atom is -0.468 e. The average Bonchev–Trinajstić information content (AvgIpc) is 3.47. The Hall–Kier alpha value is -1.34. The van der Waals surface area contributed by atoms with Crippen molar-refractivity contribution in [2.24, 2.45) is 52.3 Å². The Morgan fingerprint density at radius 1 is 0.886 bits per heavy atom. The van der Waals surface area contributed by atoms with Gasteiger partial charge in [0.05, 0.1) is 19.8 Å². The van der Waals surface area contributed by atoms with Gasteiger partial charge in [0.1, 0.15) is 6.54 Å². The number of amides is 2. The molecule has 248 valence electrons. The molecule has 0 bridgehead atoms. The molecule has 4 unspecified atom stereocenters. The molecule has 7 heteroatoms. The third-order valence-electron chi connectivity index (χ3n) is 15.1. The van der Waals surface area contributed by atoms with E-state index in [9.17, 15) is 9.59 Å². The molecule has 1 N–H and O–H groups in total. The molecule has 0 aromatic rings.